The summed E-state index contributed by atoms with van der Waals surface area (Å²) in [5.74, 6) is -2.13. The smallest absolute Gasteiger partial charge is 0.422 e. The van der Waals surface area contributed by atoms with Crippen LogP contribution in [-0.2, 0) is 17.5 Å². The van der Waals surface area contributed by atoms with Crippen LogP contribution in [0.3, 0.4) is 0 Å². The second-order valence-corrected chi connectivity index (χ2v) is 7.13. The maximum Gasteiger partial charge on any atom is 0.422 e. The van der Waals surface area contributed by atoms with Crippen LogP contribution in [0.15, 0.2) is 36.4 Å². The van der Waals surface area contributed by atoms with Gasteiger partial charge in [-0.25, -0.2) is 4.39 Å². The van der Waals surface area contributed by atoms with Crippen LogP contribution < -0.4 is 9.47 Å². The molecule has 0 spiro atoms. The number of ether oxygens (including phenoxy) is 3. The maximum atomic E-state index is 14.5. The minimum Gasteiger partial charge on any atom is -0.493 e. The van der Waals surface area contributed by atoms with Crippen molar-refractivity contribution >= 4 is 0 Å². The van der Waals surface area contributed by atoms with Crippen LogP contribution in [0.2, 0.25) is 0 Å². The Morgan fingerprint density at radius 1 is 1.00 bits per heavy atom. The highest BCUT2D eigenvalue weighted by molar-refractivity contribution is 5.44. The third-order valence-corrected chi connectivity index (χ3v) is 5.00. The fourth-order valence-corrected chi connectivity index (χ4v) is 3.38. The molecule has 1 fully saturated rings. The van der Waals surface area contributed by atoms with E-state index in [0.717, 1.165) is 36.1 Å². The van der Waals surface area contributed by atoms with Gasteiger partial charge in [-0.1, -0.05) is 24.3 Å². The van der Waals surface area contributed by atoms with Gasteiger partial charge in [0.1, 0.15) is 17.9 Å². The van der Waals surface area contributed by atoms with Crippen LogP contribution in [0.5, 0.6) is 11.5 Å². The van der Waals surface area contributed by atoms with E-state index in [2.05, 4.69) is 6.92 Å². The largest absolute Gasteiger partial charge is 0.493 e. The number of hydrogen-bond donors (Lipinski definition) is 0. The lowest BCUT2D eigenvalue weighted by molar-refractivity contribution is -0.141. The SMILES string of the molecule is CCOc1ccc(OCc2ccc(C3CCC(C)OC3)cc2)c(F)c1C(F)(F)F. The van der Waals surface area contributed by atoms with Crippen LogP contribution in [0.1, 0.15) is 49.3 Å². The summed E-state index contributed by atoms with van der Waals surface area (Å²) in [4.78, 5) is 0. The van der Waals surface area contributed by atoms with Gasteiger partial charge in [-0.05, 0) is 49.9 Å². The summed E-state index contributed by atoms with van der Waals surface area (Å²) in [6.07, 6.45) is -2.54. The van der Waals surface area contributed by atoms with Gasteiger partial charge in [0.05, 0.1) is 19.3 Å². The minimum absolute atomic E-state index is 0.0000187. The van der Waals surface area contributed by atoms with Crippen LogP contribution in [0.4, 0.5) is 17.6 Å². The van der Waals surface area contributed by atoms with Crippen molar-refractivity contribution in [3.8, 4) is 11.5 Å². The van der Waals surface area contributed by atoms with Gasteiger partial charge in [-0.3, -0.25) is 0 Å². The normalized spacial score (nSPS) is 19.8. The van der Waals surface area contributed by atoms with Gasteiger partial charge in [0.2, 0.25) is 0 Å². The van der Waals surface area contributed by atoms with Crippen LogP contribution >= 0.6 is 0 Å². The molecule has 0 bridgehead atoms. The summed E-state index contributed by atoms with van der Waals surface area (Å²) >= 11 is 0. The Morgan fingerprint density at radius 3 is 2.28 bits per heavy atom. The molecule has 0 radical (unpaired) electrons. The lowest BCUT2D eigenvalue weighted by Gasteiger charge is -2.27. The van der Waals surface area contributed by atoms with Gasteiger partial charge in [-0.2, -0.15) is 13.2 Å². The third-order valence-electron chi connectivity index (χ3n) is 5.00. The highest BCUT2D eigenvalue weighted by atomic mass is 19.4. The van der Waals surface area contributed by atoms with E-state index in [1.165, 1.54) is 6.92 Å². The molecule has 2 aromatic carbocycles. The molecule has 2 aromatic rings. The molecule has 0 saturated carbocycles. The standard InChI is InChI=1S/C22H24F4O3/c1-3-27-18-10-11-19(21(23)20(18)22(24,25)26)29-12-15-5-8-16(9-6-15)17-7-4-14(2)28-13-17/h5-6,8-11,14,17H,3-4,7,12-13H2,1-2H3. The third kappa shape index (κ3) is 5.21. The number of halogens is 4. The second kappa shape index (κ2) is 9.03. The Hall–Kier alpha value is -2.28. The van der Waals surface area contributed by atoms with Crippen molar-refractivity contribution in [1.82, 2.24) is 0 Å². The average molecular weight is 412 g/mol. The molecule has 158 valence electrons. The second-order valence-electron chi connectivity index (χ2n) is 7.13. The Morgan fingerprint density at radius 2 is 1.69 bits per heavy atom. The predicted molar refractivity (Wildman–Crippen MR) is 101 cm³/mol. The van der Waals surface area contributed by atoms with E-state index in [1.54, 1.807) is 0 Å². The molecule has 3 rings (SSSR count). The number of rotatable bonds is 6. The lowest BCUT2D eigenvalue weighted by Crippen LogP contribution is -2.22. The quantitative estimate of drug-likeness (QED) is 0.536. The zero-order valence-corrected chi connectivity index (χ0v) is 16.4. The Kier molecular flexibility index (Phi) is 6.67. The summed E-state index contributed by atoms with van der Waals surface area (Å²) < 4.78 is 70.1. The number of alkyl halides is 3. The molecular weight excluding hydrogens is 388 g/mol. The van der Waals surface area contributed by atoms with Crippen molar-refractivity contribution in [3.05, 3.63) is 58.9 Å². The van der Waals surface area contributed by atoms with Gasteiger partial charge in [-0.15, -0.1) is 0 Å². The van der Waals surface area contributed by atoms with Crippen LogP contribution in [-0.4, -0.2) is 19.3 Å². The molecule has 0 N–H and O–H groups in total. The van der Waals surface area contributed by atoms with Crippen molar-refractivity contribution < 1.29 is 31.8 Å². The highest BCUT2D eigenvalue weighted by Crippen LogP contribution is 2.41. The van der Waals surface area contributed by atoms with Gasteiger partial charge < -0.3 is 14.2 Å². The monoisotopic (exact) mass is 412 g/mol. The first-order chi connectivity index (χ1) is 13.8. The van der Waals surface area contributed by atoms with E-state index >= 15 is 0 Å². The van der Waals surface area contributed by atoms with E-state index < -0.39 is 29.1 Å². The Labute approximate surface area is 167 Å². The zero-order chi connectivity index (χ0) is 21.0. The first kappa shape index (κ1) is 21.4. The van der Waals surface area contributed by atoms with Gasteiger partial charge in [0.15, 0.2) is 11.6 Å². The topological polar surface area (TPSA) is 27.7 Å². The summed E-state index contributed by atoms with van der Waals surface area (Å²) in [7, 11) is 0. The molecule has 1 heterocycles. The molecular formula is C22H24F4O3. The van der Waals surface area contributed by atoms with Crippen molar-refractivity contribution in [2.45, 2.75) is 51.5 Å². The first-order valence-electron chi connectivity index (χ1n) is 9.65. The average Bonchev–Trinajstić information content (AvgIpc) is 2.68. The molecule has 0 amide bonds. The molecule has 0 aromatic heterocycles. The molecule has 1 aliphatic heterocycles. The number of benzene rings is 2. The molecule has 29 heavy (non-hydrogen) atoms. The lowest BCUT2D eigenvalue weighted by atomic mass is 9.91. The summed E-state index contributed by atoms with van der Waals surface area (Å²) in [6, 6.07) is 9.83. The molecule has 3 nitrogen and oxygen atoms in total. The van der Waals surface area contributed by atoms with Crippen LogP contribution in [0, 0.1) is 5.82 Å². The van der Waals surface area contributed by atoms with Crippen molar-refractivity contribution in [2.75, 3.05) is 13.2 Å². The fraction of sp³-hybridized carbons (Fsp3) is 0.455. The van der Waals surface area contributed by atoms with Gasteiger partial charge in [0.25, 0.3) is 0 Å². The van der Waals surface area contributed by atoms with Gasteiger partial charge in [0, 0.05) is 5.92 Å². The van der Waals surface area contributed by atoms with Gasteiger partial charge >= 0.3 is 6.18 Å². The molecule has 1 aliphatic rings. The molecule has 1 saturated heterocycles. The molecule has 2 atom stereocenters. The first-order valence-corrected chi connectivity index (χ1v) is 9.65. The number of hydrogen-bond acceptors (Lipinski definition) is 3. The molecule has 2 unspecified atom stereocenters. The van der Waals surface area contributed by atoms with E-state index in [9.17, 15) is 17.6 Å². The van der Waals surface area contributed by atoms with E-state index in [4.69, 9.17) is 14.2 Å². The minimum atomic E-state index is -4.88. The van der Waals surface area contributed by atoms with Crippen molar-refractivity contribution in [2.24, 2.45) is 0 Å². The van der Waals surface area contributed by atoms with E-state index in [-0.39, 0.29) is 19.3 Å². The van der Waals surface area contributed by atoms with E-state index in [1.807, 2.05) is 24.3 Å². The predicted octanol–water partition coefficient (Wildman–Crippen LogP) is 6.10. The zero-order valence-electron chi connectivity index (χ0n) is 16.4. The molecule has 7 heteroatoms. The Bertz CT molecular complexity index is 810. The Balaban J connectivity index is 1.69. The fourth-order valence-electron chi connectivity index (χ4n) is 3.38. The maximum absolute atomic E-state index is 14.5. The highest BCUT2D eigenvalue weighted by Gasteiger charge is 2.39. The molecule has 0 aliphatic carbocycles. The summed E-state index contributed by atoms with van der Waals surface area (Å²) in [6.45, 7) is 4.22. The van der Waals surface area contributed by atoms with Crippen molar-refractivity contribution in [1.29, 1.82) is 0 Å². The summed E-state index contributed by atoms with van der Waals surface area (Å²) in [5, 5.41) is 0. The summed E-state index contributed by atoms with van der Waals surface area (Å²) in [5.41, 5.74) is 0.437. The van der Waals surface area contributed by atoms with Crippen LogP contribution in [0.25, 0.3) is 0 Å². The van der Waals surface area contributed by atoms with E-state index in [0.29, 0.717) is 12.5 Å². The van der Waals surface area contributed by atoms with Crippen molar-refractivity contribution in [3.63, 3.8) is 0 Å².